The van der Waals surface area contributed by atoms with Crippen molar-refractivity contribution < 1.29 is 24.4 Å². The van der Waals surface area contributed by atoms with Gasteiger partial charge in [-0.3, -0.25) is 10.1 Å². The predicted octanol–water partition coefficient (Wildman–Crippen LogP) is 4.78. The summed E-state index contributed by atoms with van der Waals surface area (Å²) in [5.74, 6) is -1.32. The number of rotatable bonds is 3. The number of fused-ring (bicyclic) bond motifs is 2. The molecule has 8 nitrogen and oxygen atoms in total. The van der Waals surface area contributed by atoms with E-state index in [1.165, 1.54) is 41.9 Å². The molecule has 0 spiro atoms. The molecular weight excluding hydrogens is 416 g/mol. The predicted molar refractivity (Wildman–Crippen MR) is 113 cm³/mol. The molecule has 0 radical (unpaired) electrons. The molecule has 0 amide bonds. The number of ether oxygens (including phenoxy) is 1. The highest BCUT2D eigenvalue weighted by molar-refractivity contribution is 7.21. The van der Waals surface area contributed by atoms with E-state index in [0.29, 0.717) is 20.1 Å². The van der Waals surface area contributed by atoms with Gasteiger partial charge in [-0.05, 0) is 41.1 Å². The Bertz CT molecular complexity index is 1240. The number of benzene rings is 2. The van der Waals surface area contributed by atoms with E-state index >= 15 is 0 Å². The Morgan fingerprint density at radius 2 is 1.59 bits per heavy atom. The first-order valence-corrected chi connectivity index (χ1v) is 9.70. The van der Waals surface area contributed by atoms with E-state index in [-0.39, 0.29) is 5.69 Å². The number of carbonyl (C=O) groups is 2. The molecule has 2 heterocycles. The fourth-order valence-corrected chi connectivity index (χ4v) is 4.45. The molecule has 29 heavy (non-hydrogen) atoms. The number of aromatic carboxylic acids is 1. The van der Waals surface area contributed by atoms with Crippen molar-refractivity contribution in [1.82, 2.24) is 0 Å². The summed E-state index contributed by atoms with van der Waals surface area (Å²) in [6.07, 6.45) is 0. The molecule has 0 atom stereocenters. The Morgan fingerprint density at radius 3 is 2.21 bits per heavy atom. The van der Waals surface area contributed by atoms with Crippen molar-refractivity contribution in [3.05, 3.63) is 68.4 Å². The molecule has 0 aliphatic carbocycles. The number of carbonyl (C=O) groups excluding carboxylic acids is 1. The highest BCUT2D eigenvalue weighted by Gasteiger charge is 2.13. The number of hydrogen-bond donors (Lipinski definition) is 2. The maximum absolute atomic E-state index is 11.3. The minimum absolute atomic E-state index is 0.0192. The van der Waals surface area contributed by atoms with Gasteiger partial charge in [-0.15, -0.1) is 22.7 Å². The number of nitro groups is 1. The van der Waals surface area contributed by atoms with Gasteiger partial charge in [0, 0.05) is 27.2 Å². The number of nitrogen functional groups attached to an aromatic ring is 1. The van der Waals surface area contributed by atoms with Crippen LogP contribution in [0.3, 0.4) is 0 Å². The van der Waals surface area contributed by atoms with Crippen molar-refractivity contribution in [3.63, 3.8) is 0 Å². The van der Waals surface area contributed by atoms with Gasteiger partial charge >= 0.3 is 11.9 Å². The number of esters is 1. The van der Waals surface area contributed by atoms with Gasteiger partial charge in [0.25, 0.3) is 5.69 Å². The van der Waals surface area contributed by atoms with E-state index in [1.54, 1.807) is 30.3 Å². The average Bonchev–Trinajstić information content (AvgIpc) is 3.30. The second-order valence-electron chi connectivity index (χ2n) is 5.79. The molecule has 2 aromatic heterocycles. The fourth-order valence-electron chi connectivity index (χ4n) is 2.49. The number of nitrogens with two attached hydrogens (primary N) is 1. The third kappa shape index (κ3) is 4.50. The number of non-ortho nitro benzene ring substituents is 1. The number of nitro benzene ring substituents is 1. The summed E-state index contributed by atoms with van der Waals surface area (Å²) in [7, 11) is 1.30. The van der Waals surface area contributed by atoms with E-state index in [1.807, 2.05) is 6.07 Å². The van der Waals surface area contributed by atoms with Gasteiger partial charge in [0.2, 0.25) is 0 Å². The summed E-state index contributed by atoms with van der Waals surface area (Å²) in [6, 6.07) is 13.2. The maximum atomic E-state index is 11.3. The Labute approximate surface area is 171 Å². The van der Waals surface area contributed by atoms with Crippen LogP contribution in [-0.2, 0) is 4.74 Å². The first-order valence-electron chi connectivity index (χ1n) is 8.07. The van der Waals surface area contributed by atoms with Crippen molar-refractivity contribution in [2.75, 3.05) is 12.8 Å². The fraction of sp³-hybridized carbons (Fsp3) is 0.0526. The summed E-state index contributed by atoms with van der Waals surface area (Å²) in [6.45, 7) is 0. The number of nitrogens with zero attached hydrogens (tertiary/aromatic N) is 1. The minimum Gasteiger partial charge on any atom is -0.477 e. The van der Waals surface area contributed by atoms with Gasteiger partial charge in [-0.2, -0.15) is 0 Å². The lowest BCUT2D eigenvalue weighted by Crippen LogP contribution is -1.96. The lowest BCUT2D eigenvalue weighted by molar-refractivity contribution is -0.384. The van der Waals surface area contributed by atoms with Crippen molar-refractivity contribution >= 4 is 66.2 Å². The lowest BCUT2D eigenvalue weighted by Gasteiger charge is -1.90. The number of anilines is 1. The first kappa shape index (κ1) is 20.2. The van der Waals surface area contributed by atoms with Gasteiger partial charge in [0.05, 0.1) is 12.0 Å². The summed E-state index contributed by atoms with van der Waals surface area (Å²) in [5.41, 5.74) is 6.25. The molecule has 0 unspecified atom stereocenters. The Kier molecular flexibility index (Phi) is 5.76. The monoisotopic (exact) mass is 430 g/mol. The topological polar surface area (TPSA) is 133 Å². The summed E-state index contributed by atoms with van der Waals surface area (Å²) >= 11 is 2.42. The SMILES string of the molecule is COC(=O)c1cc2ccc([N+](=O)[O-])cc2s1.Nc1ccc2cc(C(=O)O)sc2c1. The molecule has 148 valence electrons. The molecule has 0 saturated heterocycles. The quantitative estimate of drug-likeness (QED) is 0.207. The van der Waals surface area contributed by atoms with Gasteiger partial charge < -0.3 is 15.6 Å². The molecule has 4 rings (SSSR count). The van der Waals surface area contributed by atoms with E-state index in [9.17, 15) is 19.7 Å². The zero-order valence-electron chi connectivity index (χ0n) is 14.9. The third-order valence-corrected chi connectivity index (χ3v) is 6.02. The van der Waals surface area contributed by atoms with Crippen LogP contribution >= 0.6 is 22.7 Å². The smallest absolute Gasteiger partial charge is 0.348 e. The molecule has 2 aromatic carbocycles. The van der Waals surface area contributed by atoms with Crippen molar-refractivity contribution in [2.45, 2.75) is 0 Å². The first-order chi connectivity index (χ1) is 13.8. The minimum atomic E-state index is -0.889. The van der Waals surface area contributed by atoms with Crippen LogP contribution in [-0.4, -0.2) is 29.1 Å². The zero-order valence-corrected chi connectivity index (χ0v) is 16.6. The highest BCUT2D eigenvalue weighted by Crippen LogP contribution is 2.29. The van der Waals surface area contributed by atoms with Crippen LogP contribution in [0.1, 0.15) is 19.3 Å². The number of thiophene rings is 2. The molecule has 4 aromatic rings. The second kappa shape index (κ2) is 8.25. The lowest BCUT2D eigenvalue weighted by atomic mass is 10.2. The molecule has 0 saturated carbocycles. The van der Waals surface area contributed by atoms with Crippen LogP contribution in [0.25, 0.3) is 20.2 Å². The summed E-state index contributed by atoms with van der Waals surface area (Å²) in [5, 5.41) is 21.0. The molecule has 3 N–H and O–H groups in total. The van der Waals surface area contributed by atoms with Crippen LogP contribution in [0.5, 0.6) is 0 Å². The average molecular weight is 430 g/mol. The van der Waals surface area contributed by atoms with E-state index in [4.69, 9.17) is 10.8 Å². The van der Waals surface area contributed by atoms with Gasteiger partial charge in [0.1, 0.15) is 9.75 Å². The molecule has 10 heteroatoms. The number of hydrogen-bond acceptors (Lipinski definition) is 8. The Morgan fingerprint density at radius 1 is 1.00 bits per heavy atom. The highest BCUT2D eigenvalue weighted by atomic mass is 32.1. The number of carboxylic acid groups (broad SMARTS) is 1. The van der Waals surface area contributed by atoms with Crippen molar-refractivity contribution in [2.24, 2.45) is 0 Å². The van der Waals surface area contributed by atoms with E-state index < -0.39 is 16.9 Å². The molecular formula is C19H14N2O6S2. The standard InChI is InChI=1S/C10H7NO4S.C9H7NO2S/c1-15-10(12)9-4-6-2-3-7(11(13)14)5-8(6)16-9;10-6-2-1-5-3-8(9(11)12)13-7(5)4-6/h2-5H,1H3;1-4H,10H2,(H,11,12). The third-order valence-electron chi connectivity index (χ3n) is 3.86. The van der Waals surface area contributed by atoms with Gasteiger partial charge in [-0.1, -0.05) is 6.07 Å². The molecule has 0 fully saturated rings. The van der Waals surface area contributed by atoms with Crippen LogP contribution in [0, 0.1) is 10.1 Å². The van der Waals surface area contributed by atoms with E-state index in [2.05, 4.69) is 4.74 Å². The van der Waals surface area contributed by atoms with Crippen LogP contribution in [0.2, 0.25) is 0 Å². The largest absolute Gasteiger partial charge is 0.477 e. The molecule has 0 bridgehead atoms. The molecule has 0 aliphatic heterocycles. The normalized spacial score (nSPS) is 10.4. The van der Waals surface area contributed by atoms with Crippen molar-refractivity contribution in [3.8, 4) is 0 Å². The van der Waals surface area contributed by atoms with Crippen LogP contribution in [0.4, 0.5) is 11.4 Å². The molecule has 0 aliphatic rings. The summed E-state index contributed by atoms with van der Waals surface area (Å²) in [4.78, 5) is 32.8. The maximum Gasteiger partial charge on any atom is 0.348 e. The summed E-state index contributed by atoms with van der Waals surface area (Å²) < 4.78 is 6.20. The number of carboxylic acids is 1. The Hall–Kier alpha value is -3.50. The van der Waals surface area contributed by atoms with E-state index in [0.717, 1.165) is 15.5 Å². The second-order valence-corrected chi connectivity index (χ2v) is 7.96. The number of methoxy groups -OCH3 is 1. The van der Waals surface area contributed by atoms with Crippen LogP contribution < -0.4 is 5.73 Å². The van der Waals surface area contributed by atoms with Gasteiger partial charge in [-0.25, -0.2) is 9.59 Å². The van der Waals surface area contributed by atoms with Crippen LogP contribution in [0.15, 0.2) is 48.5 Å². The zero-order chi connectivity index (χ0) is 21.1. The van der Waals surface area contributed by atoms with Gasteiger partial charge in [0.15, 0.2) is 0 Å². The van der Waals surface area contributed by atoms with Crippen molar-refractivity contribution in [1.29, 1.82) is 0 Å². The Balaban J connectivity index is 0.000000169.